The molecule has 1 heterocycles. The molecule has 2 N–H and O–H groups in total. The summed E-state index contributed by atoms with van der Waals surface area (Å²) in [6.07, 6.45) is 4.68. The Morgan fingerprint density at radius 3 is 2.40 bits per heavy atom. The first kappa shape index (κ1) is 15.3. The molecule has 0 aliphatic rings. The fraction of sp³-hybridized carbons (Fsp3) is 0.438. The number of nitrogens with two attached hydrogens (primary N) is 1. The highest BCUT2D eigenvalue weighted by Crippen LogP contribution is 2.27. The van der Waals surface area contributed by atoms with E-state index in [2.05, 4.69) is 65.3 Å². The third kappa shape index (κ3) is 3.13. The van der Waals surface area contributed by atoms with Crippen molar-refractivity contribution in [2.45, 2.75) is 40.2 Å². The van der Waals surface area contributed by atoms with Crippen LogP contribution in [0, 0.1) is 19.8 Å². The topological polar surface area (TPSA) is 43.8 Å². The number of hydrogen-bond donors (Lipinski definition) is 1. The number of rotatable bonds is 4. The number of imidazole rings is 1. The second kappa shape index (κ2) is 6.10. The van der Waals surface area contributed by atoms with Crippen molar-refractivity contribution in [1.82, 2.24) is 9.55 Å². The van der Waals surface area contributed by atoms with Gasteiger partial charge >= 0.3 is 0 Å². The zero-order chi connectivity index (χ0) is 14.9. The van der Waals surface area contributed by atoms with Crippen molar-refractivity contribution in [1.29, 1.82) is 0 Å². The lowest BCUT2D eigenvalue weighted by Gasteiger charge is -2.17. The predicted octanol–water partition coefficient (Wildman–Crippen LogP) is 4.30. The molecule has 1 unspecified atom stereocenters. The summed E-state index contributed by atoms with van der Waals surface area (Å²) in [6.45, 7) is 8.58. The predicted molar refractivity (Wildman–Crippen MR) is 87.1 cm³/mol. The second-order valence-corrected chi connectivity index (χ2v) is 6.61. The van der Waals surface area contributed by atoms with Gasteiger partial charge in [-0.3, -0.25) is 0 Å². The Morgan fingerprint density at radius 2 is 1.85 bits per heavy atom. The summed E-state index contributed by atoms with van der Waals surface area (Å²) in [5.41, 5.74) is 10.9. The minimum absolute atomic E-state index is 0.0155. The third-order valence-electron chi connectivity index (χ3n) is 3.47. The van der Waals surface area contributed by atoms with Gasteiger partial charge < -0.3 is 10.3 Å². The van der Waals surface area contributed by atoms with Gasteiger partial charge in [-0.05, 0) is 49.4 Å². The molecule has 0 amide bonds. The van der Waals surface area contributed by atoms with E-state index in [4.69, 9.17) is 5.73 Å². The van der Waals surface area contributed by atoms with Crippen molar-refractivity contribution in [3.8, 4) is 5.69 Å². The molecule has 0 aliphatic carbocycles. The van der Waals surface area contributed by atoms with Crippen LogP contribution in [0.4, 0.5) is 0 Å². The lowest BCUT2D eigenvalue weighted by Crippen LogP contribution is -2.16. The minimum Gasteiger partial charge on any atom is -0.323 e. The Morgan fingerprint density at radius 1 is 1.25 bits per heavy atom. The molecule has 3 nitrogen and oxygen atoms in total. The fourth-order valence-electron chi connectivity index (χ4n) is 2.49. The van der Waals surface area contributed by atoms with Crippen LogP contribution in [-0.4, -0.2) is 9.55 Å². The molecule has 0 fully saturated rings. The molecule has 2 aromatic rings. The van der Waals surface area contributed by atoms with E-state index in [-0.39, 0.29) is 6.04 Å². The Labute approximate surface area is 129 Å². The quantitative estimate of drug-likeness (QED) is 0.905. The molecule has 0 aliphatic heterocycles. The first-order valence-corrected chi connectivity index (χ1v) is 7.74. The van der Waals surface area contributed by atoms with Crippen molar-refractivity contribution in [2.75, 3.05) is 0 Å². The fourth-order valence-corrected chi connectivity index (χ4v) is 2.72. The molecule has 1 aromatic heterocycles. The van der Waals surface area contributed by atoms with Gasteiger partial charge in [0.2, 0.25) is 0 Å². The van der Waals surface area contributed by atoms with E-state index >= 15 is 0 Å². The van der Waals surface area contributed by atoms with E-state index in [0.717, 1.165) is 22.3 Å². The van der Waals surface area contributed by atoms with Gasteiger partial charge in [0.05, 0.1) is 18.2 Å². The molecule has 0 saturated carbocycles. The number of hydrogen-bond acceptors (Lipinski definition) is 2. The SMILES string of the molecule is Cc1cc(-n2cncc2C(N)CC(C)C)cc(C)c1Br. The van der Waals surface area contributed by atoms with Gasteiger partial charge in [0, 0.05) is 16.2 Å². The highest BCUT2D eigenvalue weighted by atomic mass is 79.9. The highest BCUT2D eigenvalue weighted by molar-refractivity contribution is 9.10. The average Bonchev–Trinajstić information content (AvgIpc) is 2.83. The molecule has 108 valence electrons. The van der Waals surface area contributed by atoms with Crippen molar-refractivity contribution < 1.29 is 0 Å². The Hall–Kier alpha value is -1.13. The summed E-state index contributed by atoms with van der Waals surface area (Å²) in [4.78, 5) is 4.28. The summed E-state index contributed by atoms with van der Waals surface area (Å²) < 4.78 is 3.26. The summed E-state index contributed by atoms with van der Waals surface area (Å²) in [6, 6.07) is 4.33. The molecule has 4 heteroatoms. The molecule has 0 saturated heterocycles. The lowest BCUT2D eigenvalue weighted by molar-refractivity contribution is 0.498. The third-order valence-corrected chi connectivity index (χ3v) is 4.72. The van der Waals surface area contributed by atoms with E-state index in [1.54, 1.807) is 0 Å². The molecule has 1 aromatic carbocycles. The molecule has 0 spiro atoms. The van der Waals surface area contributed by atoms with Crippen LogP contribution in [0.25, 0.3) is 5.69 Å². The molecule has 2 rings (SSSR count). The highest BCUT2D eigenvalue weighted by Gasteiger charge is 2.15. The maximum atomic E-state index is 6.31. The monoisotopic (exact) mass is 335 g/mol. The Bertz CT molecular complexity index is 579. The maximum Gasteiger partial charge on any atom is 0.0994 e. The Kier molecular flexibility index (Phi) is 4.66. The molecule has 0 radical (unpaired) electrons. The van der Waals surface area contributed by atoms with E-state index in [1.165, 1.54) is 11.1 Å². The zero-order valence-electron chi connectivity index (χ0n) is 12.5. The van der Waals surface area contributed by atoms with Crippen LogP contribution in [0.1, 0.15) is 43.1 Å². The molecule has 0 bridgehead atoms. The number of aromatic nitrogens is 2. The van der Waals surface area contributed by atoms with Gasteiger partial charge in [0.15, 0.2) is 0 Å². The average molecular weight is 336 g/mol. The summed E-state index contributed by atoms with van der Waals surface area (Å²) in [7, 11) is 0. The van der Waals surface area contributed by atoms with Gasteiger partial charge in [-0.2, -0.15) is 0 Å². The number of nitrogens with zero attached hydrogens (tertiary/aromatic N) is 2. The van der Waals surface area contributed by atoms with Crippen LogP contribution in [0.15, 0.2) is 29.1 Å². The van der Waals surface area contributed by atoms with Gasteiger partial charge in [-0.25, -0.2) is 4.98 Å². The van der Waals surface area contributed by atoms with Gasteiger partial charge in [0.1, 0.15) is 0 Å². The van der Waals surface area contributed by atoms with Crippen LogP contribution in [0.3, 0.4) is 0 Å². The van der Waals surface area contributed by atoms with E-state index in [9.17, 15) is 0 Å². The number of benzene rings is 1. The Balaban J connectivity index is 2.42. The van der Waals surface area contributed by atoms with Crippen molar-refractivity contribution >= 4 is 15.9 Å². The van der Waals surface area contributed by atoms with Crippen LogP contribution in [-0.2, 0) is 0 Å². The molecule has 1 atom stereocenters. The first-order valence-electron chi connectivity index (χ1n) is 6.95. The smallest absolute Gasteiger partial charge is 0.0994 e. The zero-order valence-corrected chi connectivity index (χ0v) is 14.1. The summed E-state index contributed by atoms with van der Waals surface area (Å²) in [5, 5.41) is 0. The number of halogens is 1. The molecule has 20 heavy (non-hydrogen) atoms. The van der Waals surface area contributed by atoms with Gasteiger partial charge in [0.25, 0.3) is 0 Å². The van der Waals surface area contributed by atoms with Crippen LogP contribution < -0.4 is 5.73 Å². The van der Waals surface area contributed by atoms with Crippen molar-refractivity contribution in [2.24, 2.45) is 11.7 Å². The second-order valence-electron chi connectivity index (χ2n) is 5.82. The van der Waals surface area contributed by atoms with Crippen LogP contribution in [0.5, 0.6) is 0 Å². The summed E-state index contributed by atoms with van der Waals surface area (Å²) in [5.74, 6) is 0.571. The normalized spacial score (nSPS) is 12.9. The standard InChI is InChI=1S/C16H22BrN3/c1-10(2)5-14(18)15-8-19-9-20(15)13-6-11(3)16(17)12(4)7-13/h6-10,14H,5,18H2,1-4H3. The van der Waals surface area contributed by atoms with E-state index in [1.807, 2.05) is 12.5 Å². The van der Waals surface area contributed by atoms with E-state index in [0.29, 0.717) is 5.92 Å². The van der Waals surface area contributed by atoms with Gasteiger partial charge in [-0.1, -0.05) is 29.8 Å². The minimum atomic E-state index is 0.0155. The van der Waals surface area contributed by atoms with Gasteiger partial charge in [-0.15, -0.1) is 0 Å². The lowest BCUT2D eigenvalue weighted by atomic mass is 10.0. The van der Waals surface area contributed by atoms with E-state index < -0.39 is 0 Å². The molecular weight excluding hydrogens is 314 g/mol. The molecular formula is C16H22BrN3. The van der Waals surface area contributed by atoms with Crippen LogP contribution >= 0.6 is 15.9 Å². The maximum absolute atomic E-state index is 6.31. The first-order chi connectivity index (χ1) is 9.40. The number of aryl methyl sites for hydroxylation is 2. The largest absolute Gasteiger partial charge is 0.323 e. The van der Waals surface area contributed by atoms with Crippen LogP contribution in [0.2, 0.25) is 0 Å². The summed E-state index contributed by atoms with van der Waals surface area (Å²) >= 11 is 3.61. The van der Waals surface area contributed by atoms with Crippen molar-refractivity contribution in [3.63, 3.8) is 0 Å². The van der Waals surface area contributed by atoms with Crippen molar-refractivity contribution in [3.05, 3.63) is 46.0 Å².